The van der Waals surface area contributed by atoms with E-state index in [0.717, 1.165) is 32.1 Å². The first-order valence-corrected chi connectivity index (χ1v) is 12.3. The van der Waals surface area contributed by atoms with Crippen LogP contribution < -0.4 is 21.3 Å². The maximum Gasteiger partial charge on any atom is 0.253 e. The van der Waals surface area contributed by atoms with E-state index in [1.54, 1.807) is 36.4 Å². The Morgan fingerprint density at radius 2 is 1.59 bits per heavy atom. The molecule has 7 nitrogen and oxygen atoms in total. The van der Waals surface area contributed by atoms with Crippen LogP contribution in [0.5, 0.6) is 0 Å². The van der Waals surface area contributed by atoms with Crippen molar-refractivity contribution in [2.45, 2.75) is 57.9 Å². The van der Waals surface area contributed by atoms with E-state index in [9.17, 15) is 14.4 Å². The van der Waals surface area contributed by atoms with Gasteiger partial charge in [-0.2, -0.15) is 0 Å². The van der Waals surface area contributed by atoms with E-state index >= 15 is 0 Å². The molecule has 9 heteroatoms. The van der Waals surface area contributed by atoms with Gasteiger partial charge in [-0.1, -0.05) is 49.4 Å². The van der Waals surface area contributed by atoms with Gasteiger partial charge in [-0.15, -0.1) is 0 Å². The Bertz CT molecular complexity index is 1040. The molecule has 0 spiro atoms. The number of carbonyl (C=O) groups excluding carboxylic acids is 3. The van der Waals surface area contributed by atoms with E-state index in [1.165, 1.54) is 6.42 Å². The Labute approximate surface area is 210 Å². The van der Waals surface area contributed by atoms with Crippen molar-refractivity contribution in [1.82, 2.24) is 5.32 Å². The summed E-state index contributed by atoms with van der Waals surface area (Å²) in [7, 11) is 0. The smallest absolute Gasteiger partial charge is 0.253 e. The second-order valence-corrected chi connectivity index (χ2v) is 9.21. The van der Waals surface area contributed by atoms with E-state index in [1.807, 2.05) is 6.92 Å². The summed E-state index contributed by atoms with van der Waals surface area (Å²) < 4.78 is 0. The highest BCUT2D eigenvalue weighted by Gasteiger charge is 2.19. The van der Waals surface area contributed by atoms with Crippen LogP contribution in [0.4, 0.5) is 17.1 Å². The molecule has 0 unspecified atom stereocenters. The second kappa shape index (κ2) is 12.6. The molecule has 2 aromatic carbocycles. The fourth-order valence-corrected chi connectivity index (χ4v) is 4.21. The van der Waals surface area contributed by atoms with Crippen LogP contribution >= 0.6 is 23.2 Å². The van der Waals surface area contributed by atoms with E-state index in [-0.39, 0.29) is 30.3 Å². The standard InChI is InChI=1S/C25H30Cl2N4O3/c1-2-6-23(32)29-18-10-12-21(27)22(14-18)31-24(33)15-28-17-9-11-20(26)19(13-17)25(34)30-16-7-4-3-5-8-16/h9-14,16,28H,2-8,15H2,1H3,(H,29,32)(H,30,34)(H,31,33). The van der Waals surface area contributed by atoms with Crippen LogP contribution in [-0.4, -0.2) is 30.3 Å². The van der Waals surface area contributed by atoms with E-state index in [2.05, 4.69) is 21.3 Å². The monoisotopic (exact) mass is 504 g/mol. The molecule has 1 aliphatic rings. The minimum absolute atomic E-state index is 0.0476. The number of carbonyl (C=O) groups is 3. The molecule has 0 aromatic heterocycles. The Kier molecular flexibility index (Phi) is 9.60. The fraction of sp³-hybridized carbons (Fsp3) is 0.400. The maximum atomic E-state index is 12.7. The first-order valence-electron chi connectivity index (χ1n) is 11.6. The summed E-state index contributed by atoms with van der Waals surface area (Å²) in [4.78, 5) is 37.0. The summed E-state index contributed by atoms with van der Waals surface area (Å²) in [6.45, 7) is 1.88. The summed E-state index contributed by atoms with van der Waals surface area (Å²) in [5.41, 5.74) is 1.92. The summed E-state index contributed by atoms with van der Waals surface area (Å²) in [5, 5.41) is 12.3. The van der Waals surface area contributed by atoms with Crippen molar-refractivity contribution in [1.29, 1.82) is 0 Å². The Morgan fingerprint density at radius 1 is 0.882 bits per heavy atom. The van der Waals surface area contributed by atoms with Gasteiger partial charge in [-0.25, -0.2) is 0 Å². The Morgan fingerprint density at radius 3 is 2.32 bits per heavy atom. The van der Waals surface area contributed by atoms with Crippen molar-refractivity contribution in [3.8, 4) is 0 Å². The van der Waals surface area contributed by atoms with Crippen LogP contribution in [0.25, 0.3) is 0 Å². The first-order chi connectivity index (χ1) is 16.4. The highest BCUT2D eigenvalue weighted by molar-refractivity contribution is 6.34. The van der Waals surface area contributed by atoms with E-state index in [0.29, 0.717) is 39.1 Å². The predicted octanol–water partition coefficient (Wildman–Crippen LogP) is 5.85. The molecular formula is C25H30Cl2N4O3. The average Bonchev–Trinajstić information content (AvgIpc) is 2.81. The van der Waals surface area contributed by atoms with Crippen molar-refractivity contribution in [3.05, 3.63) is 52.0 Å². The number of anilines is 3. The molecule has 2 aromatic rings. The van der Waals surface area contributed by atoms with Crippen LogP contribution in [0, 0.1) is 0 Å². The van der Waals surface area contributed by atoms with Crippen LogP contribution in [0.1, 0.15) is 62.2 Å². The second-order valence-electron chi connectivity index (χ2n) is 8.40. The number of hydrogen-bond acceptors (Lipinski definition) is 4. The first kappa shape index (κ1) is 25.8. The quantitative estimate of drug-likeness (QED) is 0.344. The lowest BCUT2D eigenvalue weighted by atomic mass is 9.95. The normalized spacial score (nSPS) is 13.7. The van der Waals surface area contributed by atoms with Crippen molar-refractivity contribution in [3.63, 3.8) is 0 Å². The third-order valence-corrected chi connectivity index (χ3v) is 6.26. The molecule has 0 radical (unpaired) electrons. The number of halogens is 2. The molecule has 0 aliphatic heterocycles. The van der Waals surface area contributed by atoms with Crippen LogP contribution in [0.15, 0.2) is 36.4 Å². The summed E-state index contributed by atoms with van der Waals surface area (Å²) in [5.74, 6) is -0.643. The molecule has 1 fully saturated rings. The van der Waals surface area contributed by atoms with E-state index < -0.39 is 0 Å². The number of hydrogen-bond donors (Lipinski definition) is 4. The molecule has 3 rings (SSSR count). The average molecular weight is 505 g/mol. The minimum Gasteiger partial charge on any atom is -0.376 e. The van der Waals surface area contributed by atoms with Crippen molar-refractivity contribution in [2.75, 3.05) is 22.5 Å². The van der Waals surface area contributed by atoms with Gasteiger partial charge in [0.05, 0.1) is 27.8 Å². The van der Waals surface area contributed by atoms with Gasteiger partial charge in [0.2, 0.25) is 11.8 Å². The van der Waals surface area contributed by atoms with Crippen molar-refractivity contribution >= 4 is 58.0 Å². The van der Waals surface area contributed by atoms with Crippen molar-refractivity contribution < 1.29 is 14.4 Å². The van der Waals surface area contributed by atoms with Gasteiger partial charge in [-0.3, -0.25) is 14.4 Å². The highest BCUT2D eigenvalue weighted by atomic mass is 35.5. The molecule has 4 N–H and O–H groups in total. The van der Waals surface area contributed by atoms with Crippen molar-refractivity contribution in [2.24, 2.45) is 0 Å². The van der Waals surface area contributed by atoms with Gasteiger partial charge in [0.1, 0.15) is 0 Å². The van der Waals surface area contributed by atoms with Crippen LogP contribution in [0.3, 0.4) is 0 Å². The molecule has 0 atom stereocenters. The van der Waals surface area contributed by atoms with Gasteiger partial charge in [-0.05, 0) is 55.7 Å². The molecule has 1 aliphatic carbocycles. The van der Waals surface area contributed by atoms with Gasteiger partial charge >= 0.3 is 0 Å². The fourth-order valence-electron chi connectivity index (χ4n) is 3.85. The topological polar surface area (TPSA) is 99.3 Å². The number of rotatable bonds is 9. The van der Waals surface area contributed by atoms with E-state index in [4.69, 9.17) is 23.2 Å². The van der Waals surface area contributed by atoms with Crippen LogP contribution in [0.2, 0.25) is 10.0 Å². The zero-order chi connectivity index (χ0) is 24.5. The molecule has 1 saturated carbocycles. The predicted molar refractivity (Wildman–Crippen MR) is 138 cm³/mol. The van der Waals surface area contributed by atoms with Gasteiger partial charge in [0.15, 0.2) is 0 Å². The summed E-state index contributed by atoms with van der Waals surface area (Å²) in [6, 6.07) is 10.1. The van der Waals surface area contributed by atoms with Crippen LogP contribution in [-0.2, 0) is 9.59 Å². The molecule has 3 amide bonds. The zero-order valence-electron chi connectivity index (χ0n) is 19.2. The van der Waals surface area contributed by atoms with Gasteiger partial charge in [0.25, 0.3) is 5.91 Å². The lowest BCUT2D eigenvalue weighted by Crippen LogP contribution is -2.36. The molecular weight excluding hydrogens is 475 g/mol. The Hall–Kier alpha value is -2.77. The molecule has 0 saturated heterocycles. The maximum absolute atomic E-state index is 12.7. The molecule has 182 valence electrons. The van der Waals surface area contributed by atoms with Gasteiger partial charge < -0.3 is 21.3 Å². The lowest BCUT2D eigenvalue weighted by Gasteiger charge is -2.23. The summed E-state index contributed by atoms with van der Waals surface area (Å²) >= 11 is 12.5. The number of nitrogens with one attached hydrogen (secondary N) is 4. The largest absolute Gasteiger partial charge is 0.376 e. The minimum atomic E-state index is -0.331. The molecule has 0 heterocycles. The van der Waals surface area contributed by atoms with Gasteiger partial charge in [0, 0.05) is 23.8 Å². The highest BCUT2D eigenvalue weighted by Crippen LogP contribution is 2.26. The SMILES string of the molecule is CCCC(=O)Nc1ccc(Cl)c(NC(=O)CNc2ccc(Cl)c(C(=O)NC3CCCCC3)c2)c1. The Balaban J connectivity index is 1.58. The summed E-state index contributed by atoms with van der Waals surface area (Å²) in [6.07, 6.45) is 6.55. The third-order valence-electron chi connectivity index (χ3n) is 5.61. The third kappa shape index (κ3) is 7.64. The number of amides is 3. The number of benzene rings is 2. The molecule has 34 heavy (non-hydrogen) atoms. The lowest BCUT2D eigenvalue weighted by molar-refractivity contribution is -0.116. The zero-order valence-corrected chi connectivity index (χ0v) is 20.7. The molecule has 0 bridgehead atoms.